The summed E-state index contributed by atoms with van der Waals surface area (Å²) in [5.74, 6) is 0.840. The number of para-hydroxylation sites is 1. The summed E-state index contributed by atoms with van der Waals surface area (Å²) in [5.41, 5.74) is 1.13. The minimum absolute atomic E-state index is 0.0179. The van der Waals surface area contributed by atoms with E-state index in [9.17, 15) is 13.2 Å². The molecule has 0 radical (unpaired) electrons. The van der Waals surface area contributed by atoms with Crippen LogP contribution in [0, 0.1) is 11.8 Å². The van der Waals surface area contributed by atoms with Gasteiger partial charge in [-0.05, 0) is 43.7 Å². The summed E-state index contributed by atoms with van der Waals surface area (Å²) >= 11 is 0. The van der Waals surface area contributed by atoms with E-state index < -0.39 is 10.0 Å². The molecule has 2 aliphatic rings. The summed E-state index contributed by atoms with van der Waals surface area (Å²) in [6, 6.07) is 10.1. The van der Waals surface area contributed by atoms with Crippen LogP contribution in [0.25, 0.3) is 0 Å². The number of rotatable bonds is 9. The molecule has 1 amide bonds. The van der Waals surface area contributed by atoms with Gasteiger partial charge in [-0.2, -0.15) is 4.31 Å². The maximum atomic E-state index is 12.7. The lowest BCUT2D eigenvalue weighted by molar-refractivity contribution is -0.126. The molecular formula is C23H37N3O3S. The number of anilines is 1. The first kappa shape index (κ1) is 23.1. The van der Waals surface area contributed by atoms with Gasteiger partial charge >= 0.3 is 0 Å². The third-order valence-corrected chi connectivity index (χ3v) is 8.47. The number of piperazine rings is 1. The highest BCUT2D eigenvalue weighted by atomic mass is 32.2. The number of carbonyl (C=O) groups excluding carboxylic acids is 1. The topological polar surface area (TPSA) is 69.7 Å². The SMILES string of the molecule is CCCCC1CCC(C(=O)NCCS(=O)(=O)N2CCN(c3ccccc3)CC2)CC1. The zero-order valence-corrected chi connectivity index (χ0v) is 19.1. The third kappa shape index (κ3) is 6.45. The average Bonchev–Trinajstić information content (AvgIpc) is 2.78. The van der Waals surface area contributed by atoms with E-state index in [0.717, 1.165) is 37.3 Å². The molecule has 1 N–H and O–H groups in total. The van der Waals surface area contributed by atoms with E-state index in [0.29, 0.717) is 26.2 Å². The average molecular weight is 436 g/mol. The first-order valence-electron chi connectivity index (χ1n) is 11.5. The number of carbonyl (C=O) groups is 1. The van der Waals surface area contributed by atoms with Crippen LogP contribution >= 0.6 is 0 Å². The van der Waals surface area contributed by atoms with E-state index in [-0.39, 0.29) is 24.1 Å². The molecule has 1 aromatic carbocycles. The molecule has 30 heavy (non-hydrogen) atoms. The second kappa shape index (κ2) is 11.1. The smallest absolute Gasteiger partial charge is 0.223 e. The molecule has 1 saturated carbocycles. The lowest BCUT2D eigenvalue weighted by Gasteiger charge is -2.35. The zero-order valence-electron chi connectivity index (χ0n) is 18.3. The maximum Gasteiger partial charge on any atom is 0.223 e. The monoisotopic (exact) mass is 435 g/mol. The Morgan fingerprint density at radius 2 is 1.70 bits per heavy atom. The molecule has 2 fully saturated rings. The van der Waals surface area contributed by atoms with E-state index in [2.05, 4.69) is 29.3 Å². The van der Waals surface area contributed by atoms with Crippen LogP contribution in [0.1, 0.15) is 51.9 Å². The molecule has 1 aliphatic heterocycles. The predicted molar refractivity (Wildman–Crippen MR) is 122 cm³/mol. The minimum atomic E-state index is -3.34. The number of hydrogen-bond acceptors (Lipinski definition) is 4. The summed E-state index contributed by atoms with van der Waals surface area (Å²) in [6.07, 6.45) is 7.92. The van der Waals surface area contributed by atoms with Crippen LogP contribution in [0.5, 0.6) is 0 Å². The molecule has 0 atom stereocenters. The van der Waals surface area contributed by atoms with Crippen LogP contribution in [-0.2, 0) is 14.8 Å². The Bertz CT molecular complexity index is 753. The van der Waals surface area contributed by atoms with Crippen LogP contribution in [0.4, 0.5) is 5.69 Å². The van der Waals surface area contributed by atoms with Crippen molar-refractivity contribution < 1.29 is 13.2 Å². The maximum absolute atomic E-state index is 12.7. The molecule has 7 heteroatoms. The van der Waals surface area contributed by atoms with Crippen LogP contribution in [0.15, 0.2) is 30.3 Å². The quantitative estimate of drug-likeness (QED) is 0.646. The molecule has 6 nitrogen and oxygen atoms in total. The summed E-state index contributed by atoms with van der Waals surface area (Å²) in [4.78, 5) is 14.7. The highest BCUT2D eigenvalue weighted by Crippen LogP contribution is 2.31. The second-order valence-electron chi connectivity index (χ2n) is 8.69. The Balaban J connectivity index is 1.37. The second-order valence-corrected chi connectivity index (χ2v) is 10.8. The van der Waals surface area contributed by atoms with Gasteiger partial charge in [0.2, 0.25) is 15.9 Å². The van der Waals surface area contributed by atoms with Gasteiger partial charge in [0.25, 0.3) is 0 Å². The van der Waals surface area contributed by atoms with Crippen molar-refractivity contribution in [1.29, 1.82) is 0 Å². The fourth-order valence-electron chi connectivity index (χ4n) is 4.65. The molecule has 0 aromatic heterocycles. The van der Waals surface area contributed by atoms with E-state index in [1.807, 2.05) is 18.2 Å². The van der Waals surface area contributed by atoms with Crippen LogP contribution in [0.3, 0.4) is 0 Å². The summed E-state index contributed by atoms with van der Waals surface area (Å²) < 4.78 is 26.9. The fraction of sp³-hybridized carbons (Fsp3) is 0.696. The Labute approximate surface area is 182 Å². The van der Waals surface area contributed by atoms with Crippen molar-refractivity contribution in [2.24, 2.45) is 11.8 Å². The van der Waals surface area contributed by atoms with Gasteiger partial charge in [0.1, 0.15) is 0 Å². The molecule has 3 rings (SSSR count). The minimum Gasteiger partial charge on any atom is -0.369 e. The lowest BCUT2D eigenvalue weighted by Crippen LogP contribution is -2.50. The van der Waals surface area contributed by atoms with Crippen molar-refractivity contribution in [3.63, 3.8) is 0 Å². The zero-order chi connectivity index (χ0) is 21.4. The largest absolute Gasteiger partial charge is 0.369 e. The lowest BCUT2D eigenvalue weighted by atomic mass is 9.79. The summed E-state index contributed by atoms with van der Waals surface area (Å²) in [6.45, 7) is 4.79. The van der Waals surface area contributed by atoms with Crippen molar-refractivity contribution in [3.8, 4) is 0 Å². The molecule has 0 bridgehead atoms. The molecule has 0 unspecified atom stereocenters. The van der Waals surface area contributed by atoms with Crippen LogP contribution < -0.4 is 10.2 Å². The molecule has 1 heterocycles. The van der Waals surface area contributed by atoms with Gasteiger partial charge in [-0.15, -0.1) is 0 Å². The van der Waals surface area contributed by atoms with E-state index in [4.69, 9.17) is 0 Å². The first-order valence-corrected chi connectivity index (χ1v) is 13.2. The highest BCUT2D eigenvalue weighted by molar-refractivity contribution is 7.89. The fourth-order valence-corrected chi connectivity index (χ4v) is 5.98. The van der Waals surface area contributed by atoms with Crippen LogP contribution in [-0.4, -0.2) is 57.1 Å². The number of unbranched alkanes of at least 4 members (excludes halogenated alkanes) is 1. The van der Waals surface area contributed by atoms with Gasteiger partial charge in [-0.1, -0.05) is 44.4 Å². The van der Waals surface area contributed by atoms with Crippen molar-refractivity contribution in [2.75, 3.05) is 43.4 Å². The number of nitrogens with one attached hydrogen (secondary N) is 1. The van der Waals surface area contributed by atoms with Crippen molar-refractivity contribution in [3.05, 3.63) is 30.3 Å². The number of benzene rings is 1. The Hall–Kier alpha value is -1.60. The predicted octanol–water partition coefficient (Wildman–Crippen LogP) is 3.25. The van der Waals surface area contributed by atoms with Crippen molar-refractivity contribution in [2.45, 2.75) is 51.9 Å². The highest BCUT2D eigenvalue weighted by Gasteiger charge is 2.28. The van der Waals surface area contributed by atoms with Crippen LogP contribution in [0.2, 0.25) is 0 Å². The first-order chi connectivity index (χ1) is 14.5. The van der Waals surface area contributed by atoms with Gasteiger partial charge in [0.05, 0.1) is 5.75 Å². The molecular weight excluding hydrogens is 398 g/mol. The third-order valence-electron chi connectivity index (χ3n) is 6.60. The van der Waals surface area contributed by atoms with Gasteiger partial charge in [-0.25, -0.2) is 8.42 Å². The van der Waals surface area contributed by atoms with Crippen molar-refractivity contribution in [1.82, 2.24) is 9.62 Å². The number of sulfonamides is 1. The number of hydrogen-bond donors (Lipinski definition) is 1. The Morgan fingerprint density at radius 3 is 2.33 bits per heavy atom. The molecule has 1 aromatic rings. The molecule has 1 aliphatic carbocycles. The number of amides is 1. The molecule has 1 saturated heterocycles. The molecule has 168 valence electrons. The Morgan fingerprint density at radius 1 is 1.03 bits per heavy atom. The summed E-state index contributed by atoms with van der Waals surface area (Å²) in [5, 5.41) is 2.89. The standard InChI is InChI=1S/C23H37N3O3S/c1-2-3-7-20-10-12-21(13-11-20)23(27)24-14-19-30(28,29)26-17-15-25(16-18-26)22-8-5-4-6-9-22/h4-6,8-9,20-21H,2-3,7,10-19H2,1H3,(H,24,27). The number of nitrogens with zero attached hydrogens (tertiary/aromatic N) is 2. The van der Waals surface area contributed by atoms with Gasteiger partial charge in [-0.3, -0.25) is 4.79 Å². The van der Waals surface area contributed by atoms with E-state index in [1.165, 1.54) is 19.3 Å². The van der Waals surface area contributed by atoms with Gasteiger partial charge in [0.15, 0.2) is 0 Å². The summed E-state index contributed by atoms with van der Waals surface area (Å²) in [7, 11) is -3.34. The van der Waals surface area contributed by atoms with E-state index in [1.54, 1.807) is 4.31 Å². The normalized spacial score (nSPS) is 23.3. The van der Waals surface area contributed by atoms with Gasteiger partial charge < -0.3 is 10.2 Å². The van der Waals surface area contributed by atoms with E-state index >= 15 is 0 Å². The van der Waals surface area contributed by atoms with Gasteiger partial charge in [0, 0.05) is 44.3 Å². The molecule has 0 spiro atoms. The van der Waals surface area contributed by atoms with Crippen molar-refractivity contribution >= 4 is 21.6 Å². The Kier molecular flexibility index (Phi) is 8.57.